The molecule has 0 bridgehead atoms. The number of rotatable bonds is 6. The Morgan fingerprint density at radius 1 is 1.55 bits per heavy atom. The number of nitrogens with one attached hydrogen (secondary N) is 2. The van der Waals surface area contributed by atoms with Crippen LogP contribution in [0.3, 0.4) is 0 Å². The van der Waals surface area contributed by atoms with Crippen LogP contribution in [-0.2, 0) is 16.8 Å². The smallest absolute Gasteiger partial charge is 0.279 e. The van der Waals surface area contributed by atoms with E-state index in [1.165, 1.54) is 11.3 Å². The van der Waals surface area contributed by atoms with Crippen LogP contribution in [-0.4, -0.2) is 44.4 Å². The zero-order valence-corrected chi connectivity index (χ0v) is 13.6. The van der Waals surface area contributed by atoms with E-state index >= 15 is 0 Å². The summed E-state index contributed by atoms with van der Waals surface area (Å²) in [5.74, 6) is 0.399. The number of hydrogen-bond acceptors (Lipinski definition) is 5. The van der Waals surface area contributed by atoms with Crippen molar-refractivity contribution in [3.05, 3.63) is 16.1 Å². The molecule has 6 nitrogen and oxygen atoms in total. The van der Waals surface area contributed by atoms with E-state index in [0.717, 1.165) is 30.0 Å². The minimum absolute atomic E-state index is 0.325. The van der Waals surface area contributed by atoms with Crippen LogP contribution in [0, 0.1) is 12.8 Å². The normalized spacial score (nSPS) is 21.2. The van der Waals surface area contributed by atoms with Crippen LogP contribution in [0.1, 0.15) is 23.4 Å². The average molecular weight is 318 g/mol. The fourth-order valence-electron chi connectivity index (χ4n) is 2.44. The van der Waals surface area contributed by atoms with Gasteiger partial charge in [-0.2, -0.15) is 17.4 Å². The molecule has 0 spiro atoms. The maximum atomic E-state index is 12.3. The Kier molecular flexibility index (Phi) is 5.50. The number of piperidine rings is 1. The van der Waals surface area contributed by atoms with Gasteiger partial charge < -0.3 is 5.32 Å². The van der Waals surface area contributed by atoms with Crippen molar-refractivity contribution < 1.29 is 8.42 Å². The Labute approximate surface area is 124 Å². The maximum Gasteiger partial charge on any atom is 0.279 e. The summed E-state index contributed by atoms with van der Waals surface area (Å²) in [6, 6.07) is 0. The van der Waals surface area contributed by atoms with Crippen molar-refractivity contribution in [2.45, 2.75) is 26.3 Å². The van der Waals surface area contributed by atoms with Crippen molar-refractivity contribution >= 4 is 21.5 Å². The topological polar surface area (TPSA) is 74.3 Å². The van der Waals surface area contributed by atoms with E-state index in [0.29, 0.717) is 25.6 Å². The van der Waals surface area contributed by atoms with Gasteiger partial charge in [-0.1, -0.05) is 0 Å². The van der Waals surface area contributed by atoms with E-state index in [1.54, 1.807) is 9.82 Å². The Balaban J connectivity index is 1.94. The molecule has 0 amide bonds. The molecule has 114 valence electrons. The zero-order valence-electron chi connectivity index (χ0n) is 11.9. The number of hydrogen-bond donors (Lipinski definition) is 2. The lowest BCUT2D eigenvalue weighted by atomic mass is 10.00. The summed E-state index contributed by atoms with van der Waals surface area (Å²) in [7, 11) is -1.49. The number of nitrogens with zero attached hydrogens (tertiary/aromatic N) is 2. The standard InChI is InChI=1S/C12H22N4O2S2/c1-10-12(19-9-14-10)7-15-20(17,18)16-5-3-4-11(8-16)6-13-2/h9,11,13,15H,3-8H2,1-2H3. The second-order valence-corrected chi connectivity index (χ2v) is 7.81. The summed E-state index contributed by atoms with van der Waals surface area (Å²) in [6.45, 7) is 4.28. The minimum Gasteiger partial charge on any atom is -0.319 e. The third kappa shape index (κ3) is 3.98. The minimum atomic E-state index is -3.39. The third-order valence-corrected chi connectivity index (χ3v) is 6.03. The molecule has 1 aromatic rings. The summed E-state index contributed by atoms with van der Waals surface area (Å²) >= 11 is 1.48. The Bertz CT molecular complexity index is 527. The molecule has 8 heteroatoms. The highest BCUT2D eigenvalue weighted by Gasteiger charge is 2.28. The summed E-state index contributed by atoms with van der Waals surface area (Å²) in [5.41, 5.74) is 2.63. The van der Waals surface area contributed by atoms with Crippen LogP contribution in [0.15, 0.2) is 5.51 Å². The van der Waals surface area contributed by atoms with E-state index in [9.17, 15) is 8.42 Å². The molecule has 1 saturated heterocycles. The molecule has 0 radical (unpaired) electrons. The predicted octanol–water partition coefficient (Wildman–Crippen LogP) is 0.717. The molecular formula is C12H22N4O2S2. The highest BCUT2D eigenvalue weighted by molar-refractivity contribution is 7.87. The lowest BCUT2D eigenvalue weighted by molar-refractivity contribution is 0.261. The van der Waals surface area contributed by atoms with Crippen molar-refractivity contribution in [3.8, 4) is 0 Å². The molecule has 0 aromatic carbocycles. The Morgan fingerprint density at radius 2 is 2.35 bits per heavy atom. The second-order valence-electron chi connectivity index (χ2n) is 5.11. The van der Waals surface area contributed by atoms with Crippen LogP contribution in [0.4, 0.5) is 0 Å². The largest absolute Gasteiger partial charge is 0.319 e. The van der Waals surface area contributed by atoms with Crippen molar-refractivity contribution in [1.29, 1.82) is 0 Å². The molecule has 1 atom stereocenters. The predicted molar refractivity (Wildman–Crippen MR) is 80.8 cm³/mol. The van der Waals surface area contributed by atoms with Gasteiger partial charge in [-0.05, 0) is 39.3 Å². The molecule has 20 heavy (non-hydrogen) atoms. The van der Waals surface area contributed by atoms with Gasteiger partial charge in [0.1, 0.15) is 0 Å². The average Bonchev–Trinajstić information content (AvgIpc) is 2.83. The van der Waals surface area contributed by atoms with Crippen molar-refractivity contribution in [1.82, 2.24) is 19.3 Å². The van der Waals surface area contributed by atoms with E-state index < -0.39 is 10.2 Å². The van der Waals surface area contributed by atoms with Crippen LogP contribution < -0.4 is 10.0 Å². The molecular weight excluding hydrogens is 296 g/mol. The van der Waals surface area contributed by atoms with Crippen LogP contribution >= 0.6 is 11.3 Å². The van der Waals surface area contributed by atoms with Gasteiger partial charge in [0.05, 0.1) is 11.2 Å². The quantitative estimate of drug-likeness (QED) is 0.810. The summed E-state index contributed by atoms with van der Waals surface area (Å²) in [4.78, 5) is 5.10. The molecule has 2 N–H and O–H groups in total. The zero-order chi connectivity index (χ0) is 14.6. The molecule has 1 fully saturated rings. The molecule has 2 rings (SSSR count). The summed E-state index contributed by atoms with van der Waals surface area (Å²) in [6.07, 6.45) is 2.01. The Morgan fingerprint density at radius 3 is 3.00 bits per heavy atom. The van der Waals surface area contributed by atoms with E-state index in [-0.39, 0.29) is 0 Å². The highest BCUT2D eigenvalue weighted by atomic mass is 32.2. The lowest BCUT2D eigenvalue weighted by Crippen LogP contribution is -2.47. The first kappa shape index (κ1) is 15.8. The molecule has 1 unspecified atom stereocenters. The SMILES string of the molecule is CNCC1CCCN(S(=O)(=O)NCc2scnc2C)C1. The van der Waals surface area contributed by atoms with Gasteiger partial charge in [-0.15, -0.1) is 11.3 Å². The molecule has 1 aliphatic rings. The van der Waals surface area contributed by atoms with Crippen molar-refractivity contribution in [3.63, 3.8) is 0 Å². The molecule has 0 aliphatic carbocycles. The van der Waals surface area contributed by atoms with Crippen LogP contribution in [0.5, 0.6) is 0 Å². The van der Waals surface area contributed by atoms with Gasteiger partial charge in [0.25, 0.3) is 10.2 Å². The first-order valence-corrected chi connectivity index (χ1v) is 9.13. The van der Waals surface area contributed by atoms with Gasteiger partial charge in [-0.3, -0.25) is 0 Å². The number of thiazole rings is 1. The maximum absolute atomic E-state index is 12.3. The second kappa shape index (κ2) is 6.95. The first-order chi connectivity index (χ1) is 9.53. The van der Waals surface area contributed by atoms with E-state index in [4.69, 9.17) is 0 Å². The van der Waals surface area contributed by atoms with Gasteiger partial charge in [0.2, 0.25) is 0 Å². The summed E-state index contributed by atoms with van der Waals surface area (Å²) in [5, 5.41) is 3.12. The van der Waals surface area contributed by atoms with Gasteiger partial charge in [0.15, 0.2) is 0 Å². The lowest BCUT2D eigenvalue weighted by Gasteiger charge is -2.31. The van der Waals surface area contributed by atoms with Gasteiger partial charge in [-0.25, -0.2) is 4.98 Å². The summed E-state index contributed by atoms with van der Waals surface area (Å²) < 4.78 is 28.9. The van der Waals surface area contributed by atoms with Crippen molar-refractivity contribution in [2.75, 3.05) is 26.7 Å². The fraction of sp³-hybridized carbons (Fsp3) is 0.750. The number of aryl methyl sites for hydroxylation is 1. The fourth-order valence-corrected chi connectivity index (χ4v) is 4.54. The molecule has 0 saturated carbocycles. The van der Waals surface area contributed by atoms with E-state index in [2.05, 4.69) is 15.0 Å². The first-order valence-electron chi connectivity index (χ1n) is 6.81. The monoisotopic (exact) mass is 318 g/mol. The van der Waals surface area contributed by atoms with Crippen molar-refractivity contribution in [2.24, 2.45) is 5.92 Å². The van der Waals surface area contributed by atoms with Crippen LogP contribution in [0.2, 0.25) is 0 Å². The van der Waals surface area contributed by atoms with Gasteiger partial charge >= 0.3 is 0 Å². The molecule has 2 heterocycles. The molecule has 1 aromatic heterocycles. The number of aromatic nitrogens is 1. The molecule has 1 aliphatic heterocycles. The van der Waals surface area contributed by atoms with Gasteiger partial charge in [0, 0.05) is 24.5 Å². The van der Waals surface area contributed by atoms with Crippen LogP contribution in [0.25, 0.3) is 0 Å². The van der Waals surface area contributed by atoms with E-state index in [1.807, 2.05) is 14.0 Å². The highest BCUT2D eigenvalue weighted by Crippen LogP contribution is 2.19. The third-order valence-electron chi connectivity index (χ3n) is 3.57. The Hall–Kier alpha value is -0.540.